The minimum Gasteiger partial charge on any atom is -0.326 e. The Hall–Kier alpha value is -2.28. The number of hydrogen-bond donors (Lipinski definition) is 3. The van der Waals surface area contributed by atoms with Gasteiger partial charge in [0.2, 0.25) is 5.95 Å². The summed E-state index contributed by atoms with van der Waals surface area (Å²) in [7, 11) is 0. The van der Waals surface area contributed by atoms with Gasteiger partial charge in [-0.25, -0.2) is 4.98 Å². The molecule has 0 spiro atoms. The lowest BCUT2D eigenvalue weighted by Gasteiger charge is -2.06. The van der Waals surface area contributed by atoms with Gasteiger partial charge in [0.05, 0.1) is 17.4 Å². The summed E-state index contributed by atoms with van der Waals surface area (Å²) in [6.07, 6.45) is 1.77. The third kappa shape index (κ3) is 1.87. The quantitative estimate of drug-likeness (QED) is 0.671. The number of nitrogens with zero attached hydrogens (tertiary/aromatic N) is 2. The molecule has 4 rings (SSSR count). The highest BCUT2D eigenvalue weighted by Gasteiger charge is 2.17. The number of anilines is 2. The molecule has 1 aromatic carbocycles. The highest BCUT2D eigenvalue weighted by Crippen LogP contribution is 2.26. The van der Waals surface area contributed by atoms with Crippen LogP contribution in [0, 0.1) is 0 Å². The summed E-state index contributed by atoms with van der Waals surface area (Å²) in [4.78, 5) is 19.2. The summed E-state index contributed by atoms with van der Waals surface area (Å²) in [6.45, 7) is 0. The van der Waals surface area contributed by atoms with Crippen molar-refractivity contribution in [3.05, 3.63) is 46.0 Å². The van der Waals surface area contributed by atoms with Gasteiger partial charge in [-0.3, -0.25) is 14.9 Å². The van der Waals surface area contributed by atoms with E-state index >= 15 is 0 Å². The van der Waals surface area contributed by atoms with Crippen LogP contribution in [0.4, 0.5) is 11.6 Å². The second-order valence-electron chi connectivity index (χ2n) is 4.63. The first-order valence-corrected chi connectivity index (χ1v) is 7.35. The molecule has 1 aliphatic rings. The van der Waals surface area contributed by atoms with E-state index in [0.29, 0.717) is 5.95 Å². The van der Waals surface area contributed by atoms with Crippen molar-refractivity contribution in [2.75, 3.05) is 5.32 Å². The molecule has 0 unspecified atom stereocenters. The van der Waals surface area contributed by atoms with Gasteiger partial charge >= 0.3 is 0 Å². The second-order valence-corrected chi connectivity index (χ2v) is 5.62. The van der Waals surface area contributed by atoms with Gasteiger partial charge in [0.1, 0.15) is 0 Å². The number of thioether (sulfide) groups is 1. The Labute approximate surface area is 118 Å². The highest BCUT2D eigenvalue weighted by atomic mass is 32.2. The van der Waals surface area contributed by atoms with Crippen LogP contribution in [-0.2, 0) is 11.5 Å². The van der Waals surface area contributed by atoms with Crippen molar-refractivity contribution in [3.8, 4) is 0 Å². The Morgan fingerprint density at radius 2 is 2.25 bits per heavy atom. The summed E-state index contributed by atoms with van der Waals surface area (Å²) < 4.78 is 0. The summed E-state index contributed by atoms with van der Waals surface area (Å²) in [5.74, 6) is 2.03. The second kappa shape index (κ2) is 4.38. The molecule has 100 valence electrons. The number of hydrogen-bond acceptors (Lipinski definition) is 5. The molecule has 0 bridgehead atoms. The molecule has 0 atom stereocenters. The van der Waals surface area contributed by atoms with E-state index in [1.807, 2.05) is 18.2 Å². The number of aromatic amines is 2. The average Bonchev–Trinajstić information content (AvgIpc) is 3.06. The van der Waals surface area contributed by atoms with Crippen molar-refractivity contribution in [2.45, 2.75) is 11.5 Å². The van der Waals surface area contributed by atoms with Crippen molar-refractivity contribution in [3.63, 3.8) is 0 Å². The molecule has 0 amide bonds. The largest absolute Gasteiger partial charge is 0.326 e. The van der Waals surface area contributed by atoms with Gasteiger partial charge in [0.25, 0.3) is 5.56 Å². The fourth-order valence-electron chi connectivity index (χ4n) is 2.27. The van der Waals surface area contributed by atoms with Gasteiger partial charge in [0, 0.05) is 28.1 Å². The number of rotatable bonds is 2. The Bertz CT molecular complexity index is 853. The van der Waals surface area contributed by atoms with E-state index in [2.05, 4.69) is 25.5 Å². The minimum atomic E-state index is -0.0508. The van der Waals surface area contributed by atoms with Crippen LogP contribution in [-0.4, -0.2) is 20.2 Å². The number of nitrogens with one attached hydrogen (secondary N) is 3. The van der Waals surface area contributed by atoms with Gasteiger partial charge in [-0.2, -0.15) is 16.9 Å². The number of fused-ring (bicyclic) bond motifs is 2. The first kappa shape index (κ1) is 11.5. The molecule has 6 nitrogen and oxygen atoms in total. The van der Waals surface area contributed by atoms with Crippen molar-refractivity contribution in [1.29, 1.82) is 0 Å². The maximum Gasteiger partial charge on any atom is 0.256 e. The molecule has 3 N–H and O–H groups in total. The van der Waals surface area contributed by atoms with Crippen LogP contribution in [0.2, 0.25) is 0 Å². The zero-order valence-electron chi connectivity index (χ0n) is 10.4. The molecule has 0 saturated heterocycles. The normalized spacial score (nSPS) is 13.6. The summed E-state index contributed by atoms with van der Waals surface area (Å²) in [6, 6.07) is 5.83. The Balaban J connectivity index is 1.71. The predicted molar refractivity (Wildman–Crippen MR) is 79.2 cm³/mol. The van der Waals surface area contributed by atoms with Crippen molar-refractivity contribution >= 4 is 34.3 Å². The van der Waals surface area contributed by atoms with Gasteiger partial charge in [-0.1, -0.05) is 0 Å². The average molecular weight is 285 g/mol. The van der Waals surface area contributed by atoms with Crippen LogP contribution in [0.25, 0.3) is 10.9 Å². The van der Waals surface area contributed by atoms with Crippen LogP contribution >= 0.6 is 11.8 Å². The molecule has 20 heavy (non-hydrogen) atoms. The third-order valence-corrected chi connectivity index (χ3v) is 4.26. The van der Waals surface area contributed by atoms with Gasteiger partial charge in [-0.05, 0) is 18.2 Å². The van der Waals surface area contributed by atoms with E-state index in [1.54, 1.807) is 18.0 Å². The first-order valence-electron chi connectivity index (χ1n) is 6.19. The molecule has 7 heteroatoms. The topological polar surface area (TPSA) is 86.5 Å². The Morgan fingerprint density at radius 3 is 3.20 bits per heavy atom. The lowest BCUT2D eigenvalue weighted by atomic mass is 10.2. The van der Waals surface area contributed by atoms with Crippen molar-refractivity contribution in [2.24, 2.45) is 0 Å². The number of benzene rings is 1. The lowest BCUT2D eigenvalue weighted by Crippen LogP contribution is -2.16. The van der Waals surface area contributed by atoms with Gasteiger partial charge in [0.15, 0.2) is 0 Å². The lowest BCUT2D eigenvalue weighted by molar-refractivity contribution is 1.03. The maximum absolute atomic E-state index is 11.9. The van der Waals surface area contributed by atoms with E-state index < -0.39 is 0 Å². The third-order valence-electron chi connectivity index (χ3n) is 3.29. The summed E-state index contributed by atoms with van der Waals surface area (Å²) in [5.41, 5.74) is 3.42. The maximum atomic E-state index is 11.9. The molecule has 0 aliphatic carbocycles. The first-order chi connectivity index (χ1) is 9.79. The fraction of sp³-hybridized carbons (Fsp3) is 0.154. The minimum absolute atomic E-state index is 0.0508. The van der Waals surface area contributed by atoms with Crippen LogP contribution in [0.15, 0.2) is 29.2 Å². The molecule has 2 aromatic heterocycles. The molecule has 0 radical (unpaired) electrons. The molecule has 3 aromatic rings. The molecule has 0 fully saturated rings. The van der Waals surface area contributed by atoms with Crippen LogP contribution in [0.1, 0.15) is 11.3 Å². The molecular weight excluding hydrogens is 274 g/mol. The molecule has 0 saturated carbocycles. The fourth-order valence-corrected chi connectivity index (χ4v) is 3.31. The van der Waals surface area contributed by atoms with E-state index in [-0.39, 0.29) is 5.56 Å². The van der Waals surface area contributed by atoms with Crippen LogP contribution in [0.3, 0.4) is 0 Å². The van der Waals surface area contributed by atoms with Gasteiger partial charge < -0.3 is 5.32 Å². The van der Waals surface area contributed by atoms with E-state index in [9.17, 15) is 4.79 Å². The molecule has 3 heterocycles. The smallest absolute Gasteiger partial charge is 0.256 e. The predicted octanol–water partition coefficient (Wildman–Crippen LogP) is 2.14. The highest BCUT2D eigenvalue weighted by molar-refractivity contribution is 7.98. The van der Waals surface area contributed by atoms with Crippen LogP contribution in [0.5, 0.6) is 0 Å². The summed E-state index contributed by atoms with van der Waals surface area (Å²) in [5, 5.41) is 11.1. The van der Waals surface area contributed by atoms with Gasteiger partial charge in [-0.15, -0.1) is 0 Å². The Morgan fingerprint density at radius 1 is 1.30 bits per heavy atom. The van der Waals surface area contributed by atoms with E-state index in [0.717, 1.165) is 39.4 Å². The van der Waals surface area contributed by atoms with Crippen LogP contribution < -0.4 is 10.9 Å². The van der Waals surface area contributed by atoms with Crippen molar-refractivity contribution in [1.82, 2.24) is 20.2 Å². The van der Waals surface area contributed by atoms with Crippen molar-refractivity contribution < 1.29 is 0 Å². The summed E-state index contributed by atoms with van der Waals surface area (Å²) >= 11 is 1.71. The standard InChI is InChI=1S/C13H11N5OS/c19-12-9-5-20-6-11(9)16-13(17-12)15-8-2-1-7-4-14-18-10(7)3-8/h1-4H,5-6H2,(H,14,18)(H2,15,16,17,19). The van der Waals surface area contributed by atoms with E-state index in [4.69, 9.17) is 0 Å². The zero-order chi connectivity index (χ0) is 13.5. The monoisotopic (exact) mass is 285 g/mol. The zero-order valence-corrected chi connectivity index (χ0v) is 11.3. The Kier molecular flexibility index (Phi) is 2.53. The molecular formula is C13H11N5OS. The molecule has 1 aliphatic heterocycles. The number of H-pyrrole nitrogens is 2. The SMILES string of the molecule is O=c1[nH]c(Nc2ccc3cn[nH]c3c2)nc2c1CSC2. The number of aromatic nitrogens is 4. The van der Waals surface area contributed by atoms with E-state index in [1.165, 1.54) is 0 Å².